The molecule has 3 heteroatoms. The van der Waals surface area contributed by atoms with Crippen LogP contribution in [0.5, 0.6) is 0 Å². The Hall–Kier alpha value is -2.18. The fourth-order valence-corrected chi connectivity index (χ4v) is 3.06. The number of rotatable bonds is 2. The molecule has 0 saturated heterocycles. The number of aryl methyl sites for hydroxylation is 1. The van der Waals surface area contributed by atoms with E-state index in [9.17, 15) is 14.8 Å². The van der Waals surface area contributed by atoms with Crippen molar-refractivity contribution in [2.45, 2.75) is 24.4 Å². The predicted octanol–water partition coefficient (Wildman–Crippen LogP) is 3.27. The average molecular weight is 267 g/mol. The molecule has 1 aliphatic carbocycles. The number of benzene rings is 2. The molecule has 2 unspecified atom stereocenters. The maximum absolute atomic E-state index is 13.3. The van der Waals surface area contributed by atoms with Gasteiger partial charge in [-0.05, 0) is 41.7 Å². The highest BCUT2D eigenvalue weighted by Crippen LogP contribution is 2.46. The summed E-state index contributed by atoms with van der Waals surface area (Å²) in [7, 11) is 0. The number of aliphatic hydroxyl groups excluding tert-OH is 1. The van der Waals surface area contributed by atoms with E-state index in [-0.39, 0.29) is 0 Å². The van der Waals surface area contributed by atoms with Crippen LogP contribution >= 0.6 is 0 Å². The van der Waals surface area contributed by atoms with E-state index in [1.54, 1.807) is 12.1 Å². The van der Waals surface area contributed by atoms with Crippen LogP contribution in [0.2, 0.25) is 0 Å². The van der Waals surface area contributed by atoms with Gasteiger partial charge < -0.3 is 5.11 Å². The standard InChI is InChI=1S/C17H14FNO/c18-14-6-3-5-13(10-14)16(20)17(11-19)9-8-12-4-1-2-7-15(12)17/h1-7,10,16,20H,8-9H2. The lowest BCUT2D eigenvalue weighted by Gasteiger charge is -2.28. The summed E-state index contributed by atoms with van der Waals surface area (Å²) in [5.74, 6) is -0.402. The van der Waals surface area contributed by atoms with E-state index in [0.717, 1.165) is 17.5 Å². The lowest BCUT2D eigenvalue weighted by atomic mass is 9.75. The molecule has 0 spiro atoms. The molecule has 0 amide bonds. The second-order valence-electron chi connectivity index (χ2n) is 5.20. The van der Waals surface area contributed by atoms with Crippen molar-refractivity contribution in [1.29, 1.82) is 5.26 Å². The summed E-state index contributed by atoms with van der Waals surface area (Å²) >= 11 is 0. The maximum Gasteiger partial charge on any atom is 0.123 e. The van der Waals surface area contributed by atoms with Gasteiger partial charge in [0.05, 0.1) is 6.07 Å². The van der Waals surface area contributed by atoms with Gasteiger partial charge in [-0.15, -0.1) is 0 Å². The summed E-state index contributed by atoms with van der Waals surface area (Å²) in [6, 6.07) is 15.8. The third kappa shape index (κ3) is 1.81. The molecular formula is C17H14FNO. The molecule has 1 aliphatic rings. The van der Waals surface area contributed by atoms with Crippen LogP contribution < -0.4 is 0 Å². The topological polar surface area (TPSA) is 44.0 Å². The Morgan fingerprint density at radius 2 is 2.00 bits per heavy atom. The zero-order valence-electron chi connectivity index (χ0n) is 10.9. The van der Waals surface area contributed by atoms with Gasteiger partial charge in [0.2, 0.25) is 0 Å². The molecule has 2 atom stereocenters. The Morgan fingerprint density at radius 1 is 1.20 bits per heavy atom. The first kappa shape index (κ1) is 12.8. The third-order valence-electron chi connectivity index (χ3n) is 4.12. The smallest absolute Gasteiger partial charge is 0.123 e. The molecule has 20 heavy (non-hydrogen) atoms. The molecule has 3 rings (SSSR count). The summed E-state index contributed by atoms with van der Waals surface area (Å²) < 4.78 is 13.3. The van der Waals surface area contributed by atoms with Crippen LogP contribution in [0.3, 0.4) is 0 Å². The number of hydrogen-bond donors (Lipinski definition) is 1. The average Bonchev–Trinajstić information content (AvgIpc) is 2.86. The molecule has 0 bridgehead atoms. The van der Waals surface area contributed by atoms with Crippen LogP contribution in [-0.4, -0.2) is 5.11 Å². The van der Waals surface area contributed by atoms with E-state index in [0.29, 0.717) is 12.0 Å². The quantitative estimate of drug-likeness (QED) is 0.907. The molecule has 0 radical (unpaired) electrons. The number of nitriles is 1. The monoisotopic (exact) mass is 267 g/mol. The van der Waals surface area contributed by atoms with E-state index in [2.05, 4.69) is 6.07 Å². The van der Waals surface area contributed by atoms with Gasteiger partial charge in [-0.1, -0.05) is 36.4 Å². The van der Waals surface area contributed by atoms with Crippen molar-refractivity contribution in [3.8, 4) is 6.07 Å². The van der Waals surface area contributed by atoms with Gasteiger partial charge in [-0.25, -0.2) is 4.39 Å². The van der Waals surface area contributed by atoms with Crippen molar-refractivity contribution in [1.82, 2.24) is 0 Å². The third-order valence-corrected chi connectivity index (χ3v) is 4.12. The zero-order valence-corrected chi connectivity index (χ0v) is 10.9. The minimum Gasteiger partial charge on any atom is -0.386 e. The predicted molar refractivity (Wildman–Crippen MR) is 73.4 cm³/mol. The van der Waals surface area contributed by atoms with Crippen LogP contribution in [0.4, 0.5) is 4.39 Å². The molecule has 100 valence electrons. The van der Waals surface area contributed by atoms with Gasteiger partial charge in [0.25, 0.3) is 0 Å². The largest absolute Gasteiger partial charge is 0.386 e. The number of nitrogens with zero attached hydrogens (tertiary/aromatic N) is 1. The van der Waals surface area contributed by atoms with Crippen LogP contribution in [-0.2, 0) is 11.8 Å². The Bertz CT molecular complexity index is 691. The number of halogens is 1. The Balaban J connectivity index is 2.10. The minimum atomic E-state index is -1.02. The highest BCUT2D eigenvalue weighted by molar-refractivity contribution is 5.47. The fraction of sp³-hybridized carbons (Fsp3) is 0.235. The van der Waals surface area contributed by atoms with Crippen molar-refractivity contribution >= 4 is 0 Å². The van der Waals surface area contributed by atoms with Gasteiger partial charge in [-0.3, -0.25) is 0 Å². The molecule has 0 aliphatic heterocycles. The van der Waals surface area contributed by atoms with Crippen LogP contribution in [0.15, 0.2) is 48.5 Å². The summed E-state index contributed by atoms with van der Waals surface area (Å²) in [5.41, 5.74) is 1.41. The SMILES string of the molecule is N#CC1(C(O)c2cccc(F)c2)CCc2ccccc21. The molecular weight excluding hydrogens is 253 g/mol. The van der Waals surface area contributed by atoms with Crippen LogP contribution in [0.1, 0.15) is 29.2 Å². The molecule has 0 saturated carbocycles. The van der Waals surface area contributed by atoms with Crippen LogP contribution in [0, 0.1) is 17.1 Å². The highest BCUT2D eigenvalue weighted by atomic mass is 19.1. The van der Waals surface area contributed by atoms with Gasteiger partial charge in [0, 0.05) is 0 Å². The van der Waals surface area contributed by atoms with Crippen molar-refractivity contribution in [3.63, 3.8) is 0 Å². The Morgan fingerprint density at radius 3 is 2.75 bits per heavy atom. The Labute approximate surface area is 117 Å². The molecule has 0 fully saturated rings. The minimum absolute atomic E-state index is 0.402. The normalized spacial score (nSPS) is 22.1. The van der Waals surface area contributed by atoms with Crippen molar-refractivity contribution < 1.29 is 9.50 Å². The summed E-state index contributed by atoms with van der Waals surface area (Å²) in [6.07, 6.45) is 0.295. The van der Waals surface area contributed by atoms with E-state index in [4.69, 9.17) is 0 Å². The lowest BCUT2D eigenvalue weighted by Crippen LogP contribution is -2.29. The lowest BCUT2D eigenvalue weighted by molar-refractivity contribution is 0.110. The molecule has 2 aromatic carbocycles. The van der Waals surface area contributed by atoms with Gasteiger partial charge in [0.1, 0.15) is 17.3 Å². The van der Waals surface area contributed by atoms with E-state index < -0.39 is 17.3 Å². The first-order valence-corrected chi connectivity index (χ1v) is 6.60. The van der Waals surface area contributed by atoms with E-state index in [1.165, 1.54) is 12.1 Å². The zero-order chi connectivity index (χ0) is 14.2. The van der Waals surface area contributed by atoms with Crippen molar-refractivity contribution in [3.05, 3.63) is 71.0 Å². The number of hydrogen-bond acceptors (Lipinski definition) is 2. The highest BCUT2D eigenvalue weighted by Gasteiger charge is 2.45. The fourth-order valence-electron chi connectivity index (χ4n) is 3.06. The first-order valence-electron chi connectivity index (χ1n) is 6.60. The molecule has 2 aromatic rings. The molecule has 1 N–H and O–H groups in total. The number of fused-ring (bicyclic) bond motifs is 1. The van der Waals surface area contributed by atoms with E-state index >= 15 is 0 Å². The Kier molecular flexibility index (Phi) is 3.04. The molecule has 2 nitrogen and oxygen atoms in total. The molecule has 0 heterocycles. The maximum atomic E-state index is 13.3. The molecule has 0 aromatic heterocycles. The summed E-state index contributed by atoms with van der Waals surface area (Å²) in [6.45, 7) is 0. The first-order chi connectivity index (χ1) is 9.67. The van der Waals surface area contributed by atoms with Crippen molar-refractivity contribution in [2.24, 2.45) is 0 Å². The van der Waals surface area contributed by atoms with Crippen molar-refractivity contribution in [2.75, 3.05) is 0 Å². The van der Waals surface area contributed by atoms with Gasteiger partial charge in [-0.2, -0.15) is 5.26 Å². The van der Waals surface area contributed by atoms with E-state index in [1.807, 2.05) is 24.3 Å². The number of aliphatic hydroxyl groups is 1. The second kappa shape index (κ2) is 4.73. The summed E-state index contributed by atoms with van der Waals surface area (Å²) in [4.78, 5) is 0. The van der Waals surface area contributed by atoms with Crippen LogP contribution in [0.25, 0.3) is 0 Å². The summed E-state index contributed by atoms with van der Waals surface area (Å²) in [5, 5.41) is 20.3. The second-order valence-corrected chi connectivity index (χ2v) is 5.20. The van der Waals surface area contributed by atoms with Gasteiger partial charge >= 0.3 is 0 Å². The van der Waals surface area contributed by atoms with Gasteiger partial charge in [0.15, 0.2) is 0 Å².